The minimum absolute atomic E-state index is 0.0579. The van der Waals surface area contributed by atoms with E-state index in [1.54, 1.807) is 0 Å². The largest absolute Gasteiger partial charge is 0.479 e. The molecule has 0 saturated carbocycles. The fourth-order valence-corrected chi connectivity index (χ4v) is 1.25. The molecule has 13 heavy (non-hydrogen) atoms. The van der Waals surface area contributed by atoms with E-state index in [0.717, 1.165) is 0 Å². The normalized spacial score (nSPS) is 32.8. The number of rotatable bonds is 2. The van der Waals surface area contributed by atoms with Gasteiger partial charge in [0.2, 0.25) is 5.60 Å². The molecular weight excluding hydrogens is 174 g/mol. The molecule has 0 saturated heterocycles. The molecule has 2 atom stereocenters. The second kappa shape index (κ2) is 3.27. The van der Waals surface area contributed by atoms with E-state index in [9.17, 15) is 9.90 Å². The number of carboxylic acids is 1. The van der Waals surface area contributed by atoms with Crippen LogP contribution in [0.3, 0.4) is 0 Å². The Morgan fingerprint density at radius 1 is 1.77 bits per heavy atom. The van der Waals surface area contributed by atoms with Gasteiger partial charge in [-0.1, -0.05) is 0 Å². The van der Waals surface area contributed by atoms with Crippen LogP contribution in [-0.2, 0) is 4.79 Å². The van der Waals surface area contributed by atoms with Crippen LogP contribution in [-0.4, -0.2) is 45.8 Å². The minimum atomic E-state index is -2.07. The van der Waals surface area contributed by atoms with Gasteiger partial charge in [0.25, 0.3) is 0 Å². The summed E-state index contributed by atoms with van der Waals surface area (Å²) in [7, 11) is 0. The predicted octanol–water partition coefficient (Wildman–Crippen LogP) is -0.806. The Morgan fingerprint density at radius 2 is 2.38 bits per heavy atom. The summed E-state index contributed by atoms with van der Waals surface area (Å²) < 4.78 is 0. The number of nitrogens with zero attached hydrogens (tertiary/aromatic N) is 1. The maximum absolute atomic E-state index is 10.8. The number of aliphatic imine (C=N–C) groups is 1. The Balaban J connectivity index is 3.12. The van der Waals surface area contributed by atoms with Gasteiger partial charge in [0.15, 0.2) is 0 Å². The molecule has 3 N–H and O–H groups in total. The molecule has 0 amide bonds. The highest BCUT2D eigenvalue weighted by molar-refractivity contribution is 5.87. The van der Waals surface area contributed by atoms with Crippen LogP contribution in [0.1, 0.15) is 6.92 Å². The SMILES string of the molecule is CC1N=CC=C(CO)C1(O)C(=O)O. The van der Waals surface area contributed by atoms with E-state index >= 15 is 0 Å². The molecule has 0 aromatic rings. The molecule has 0 spiro atoms. The van der Waals surface area contributed by atoms with Crippen molar-refractivity contribution in [1.29, 1.82) is 0 Å². The van der Waals surface area contributed by atoms with Gasteiger partial charge in [-0.15, -0.1) is 0 Å². The van der Waals surface area contributed by atoms with E-state index < -0.39 is 24.2 Å². The zero-order chi connectivity index (χ0) is 10.1. The number of hydrogen-bond donors (Lipinski definition) is 3. The van der Waals surface area contributed by atoms with E-state index in [2.05, 4.69) is 4.99 Å². The number of hydrogen-bond acceptors (Lipinski definition) is 4. The third-order valence-electron chi connectivity index (χ3n) is 2.18. The monoisotopic (exact) mass is 185 g/mol. The quantitative estimate of drug-likeness (QED) is 0.525. The molecule has 0 radical (unpaired) electrons. The second-order valence-corrected chi connectivity index (χ2v) is 2.90. The smallest absolute Gasteiger partial charge is 0.342 e. The summed E-state index contributed by atoms with van der Waals surface area (Å²) in [6.07, 6.45) is 2.70. The average molecular weight is 185 g/mol. The predicted molar refractivity (Wildman–Crippen MR) is 45.7 cm³/mol. The summed E-state index contributed by atoms with van der Waals surface area (Å²) in [4.78, 5) is 14.5. The Kier molecular flexibility index (Phi) is 2.49. The molecular formula is C8H11NO4. The lowest BCUT2D eigenvalue weighted by Gasteiger charge is -2.31. The number of allylic oxidation sites excluding steroid dienone is 1. The molecule has 0 aromatic heterocycles. The van der Waals surface area contributed by atoms with Crippen LogP contribution in [0.4, 0.5) is 0 Å². The Labute approximate surface area is 75.0 Å². The van der Waals surface area contributed by atoms with Crippen molar-refractivity contribution < 1.29 is 20.1 Å². The van der Waals surface area contributed by atoms with Gasteiger partial charge in [0.05, 0.1) is 12.6 Å². The first-order chi connectivity index (χ1) is 6.03. The molecule has 0 bridgehead atoms. The van der Waals surface area contributed by atoms with E-state index in [4.69, 9.17) is 10.2 Å². The molecule has 1 rings (SSSR count). The molecule has 5 nitrogen and oxygen atoms in total. The molecule has 1 heterocycles. The molecule has 0 aliphatic carbocycles. The van der Waals surface area contributed by atoms with Gasteiger partial charge in [-0.05, 0) is 13.0 Å². The van der Waals surface area contributed by atoms with Crippen LogP contribution in [0.5, 0.6) is 0 Å². The minimum Gasteiger partial charge on any atom is -0.479 e. The van der Waals surface area contributed by atoms with E-state index in [0.29, 0.717) is 0 Å². The summed E-state index contributed by atoms with van der Waals surface area (Å²) in [6.45, 7) is 0.992. The van der Waals surface area contributed by atoms with Gasteiger partial charge >= 0.3 is 5.97 Å². The number of aliphatic hydroxyl groups excluding tert-OH is 1. The van der Waals surface area contributed by atoms with Gasteiger partial charge in [0.1, 0.15) is 0 Å². The van der Waals surface area contributed by atoms with E-state index in [1.807, 2.05) is 0 Å². The van der Waals surface area contributed by atoms with Crippen LogP contribution < -0.4 is 0 Å². The number of carbonyl (C=O) groups is 1. The number of aliphatic carboxylic acids is 1. The van der Waals surface area contributed by atoms with Crippen molar-refractivity contribution in [3.05, 3.63) is 11.6 Å². The van der Waals surface area contributed by atoms with Crippen molar-refractivity contribution in [1.82, 2.24) is 0 Å². The van der Waals surface area contributed by atoms with Crippen molar-refractivity contribution >= 4 is 12.2 Å². The highest BCUT2D eigenvalue weighted by Crippen LogP contribution is 2.25. The summed E-state index contributed by atoms with van der Waals surface area (Å²) in [5, 5.41) is 27.4. The lowest BCUT2D eigenvalue weighted by Crippen LogP contribution is -2.51. The number of aliphatic hydroxyl groups is 2. The van der Waals surface area contributed by atoms with Gasteiger partial charge < -0.3 is 15.3 Å². The number of carboxylic acid groups (broad SMARTS) is 1. The van der Waals surface area contributed by atoms with Crippen molar-refractivity contribution in [2.24, 2.45) is 4.99 Å². The van der Waals surface area contributed by atoms with Gasteiger partial charge in [-0.3, -0.25) is 4.99 Å². The van der Waals surface area contributed by atoms with Crippen molar-refractivity contribution in [3.8, 4) is 0 Å². The zero-order valence-electron chi connectivity index (χ0n) is 7.14. The molecule has 1 aliphatic heterocycles. The second-order valence-electron chi connectivity index (χ2n) is 2.90. The topological polar surface area (TPSA) is 90.1 Å². The summed E-state index contributed by atoms with van der Waals surface area (Å²) >= 11 is 0. The van der Waals surface area contributed by atoms with Crippen LogP contribution in [0.25, 0.3) is 0 Å². The fraction of sp³-hybridized carbons (Fsp3) is 0.500. The van der Waals surface area contributed by atoms with Crippen molar-refractivity contribution in [2.45, 2.75) is 18.6 Å². The van der Waals surface area contributed by atoms with Crippen molar-refractivity contribution in [2.75, 3.05) is 6.61 Å². The maximum atomic E-state index is 10.8. The molecule has 72 valence electrons. The summed E-state index contributed by atoms with van der Waals surface area (Å²) in [5.74, 6) is -1.39. The van der Waals surface area contributed by atoms with Crippen LogP contribution in [0.15, 0.2) is 16.6 Å². The fourth-order valence-electron chi connectivity index (χ4n) is 1.25. The molecule has 2 unspecified atom stereocenters. The Hall–Kier alpha value is -1.20. The third kappa shape index (κ3) is 1.36. The zero-order valence-corrected chi connectivity index (χ0v) is 7.14. The lowest BCUT2D eigenvalue weighted by molar-refractivity contribution is -0.156. The molecule has 0 fully saturated rings. The standard InChI is InChI=1S/C8H11NO4/c1-5-8(13,7(11)12)6(4-10)2-3-9-5/h2-3,5,10,13H,4H2,1H3,(H,11,12). The lowest BCUT2D eigenvalue weighted by atomic mass is 9.85. The van der Waals surface area contributed by atoms with Gasteiger partial charge in [-0.25, -0.2) is 4.79 Å². The van der Waals surface area contributed by atoms with Gasteiger partial charge in [0, 0.05) is 11.8 Å². The molecule has 1 aliphatic rings. The first-order valence-electron chi connectivity index (χ1n) is 3.83. The van der Waals surface area contributed by atoms with E-state index in [-0.39, 0.29) is 5.57 Å². The average Bonchev–Trinajstić information content (AvgIpc) is 2.09. The van der Waals surface area contributed by atoms with Crippen LogP contribution in [0.2, 0.25) is 0 Å². The molecule has 0 aromatic carbocycles. The first kappa shape index (κ1) is 9.88. The Morgan fingerprint density at radius 3 is 2.77 bits per heavy atom. The van der Waals surface area contributed by atoms with Crippen molar-refractivity contribution in [3.63, 3.8) is 0 Å². The van der Waals surface area contributed by atoms with Gasteiger partial charge in [-0.2, -0.15) is 0 Å². The highest BCUT2D eigenvalue weighted by Gasteiger charge is 2.46. The highest BCUT2D eigenvalue weighted by atomic mass is 16.4. The Bertz CT molecular complexity index is 284. The van der Waals surface area contributed by atoms with Crippen LogP contribution in [0, 0.1) is 0 Å². The summed E-state index contributed by atoms with van der Waals surface area (Å²) in [6, 6.07) is -0.780. The third-order valence-corrected chi connectivity index (χ3v) is 2.18. The summed E-state index contributed by atoms with van der Waals surface area (Å²) in [5.41, 5.74) is -2.01. The molecule has 5 heteroatoms. The first-order valence-corrected chi connectivity index (χ1v) is 3.83. The van der Waals surface area contributed by atoms with E-state index in [1.165, 1.54) is 19.2 Å². The maximum Gasteiger partial charge on any atom is 0.342 e. The number of dihydropyridines is 1. The van der Waals surface area contributed by atoms with Crippen LogP contribution >= 0.6 is 0 Å².